The second kappa shape index (κ2) is 10.3. The molecule has 0 aromatic heterocycles. The highest BCUT2D eigenvalue weighted by Gasteiger charge is 2.56. The number of ether oxygens (including phenoxy) is 3. The minimum Gasteiger partial charge on any atom is -0.493 e. The van der Waals surface area contributed by atoms with Crippen LogP contribution in [0, 0.1) is 24.7 Å². The Morgan fingerprint density at radius 1 is 0.735 bits per heavy atom. The fourth-order valence-electron chi connectivity index (χ4n) is 10.7. The molecule has 248 valence electrons. The van der Waals surface area contributed by atoms with E-state index in [1.807, 2.05) is 0 Å². The van der Waals surface area contributed by atoms with Crippen LogP contribution in [0.15, 0.2) is 84.9 Å². The monoisotopic (exact) mass is 646 g/mol. The van der Waals surface area contributed by atoms with Crippen molar-refractivity contribution in [1.29, 1.82) is 0 Å². The Morgan fingerprint density at radius 2 is 1.37 bits per heavy atom. The van der Waals surface area contributed by atoms with Gasteiger partial charge in [-0.25, -0.2) is 0 Å². The summed E-state index contributed by atoms with van der Waals surface area (Å²) in [6, 6.07) is 29.2. The molecule has 5 aromatic carbocycles. The number of hydrogen-bond donors (Lipinski definition) is 0. The summed E-state index contributed by atoms with van der Waals surface area (Å²) in [5.74, 6) is 2.60. The molecule has 4 aliphatic rings. The van der Waals surface area contributed by atoms with Gasteiger partial charge in [-0.05, 0) is 78.3 Å². The Hall–Kier alpha value is -4.50. The van der Waals surface area contributed by atoms with Gasteiger partial charge in [0, 0.05) is 44.9 Å². The minimum atomic E-state index is -0.804. The van der Waals surface area contributed by atoms with Crippen molar-refractivity contribution in [1.82, 2.24) is 0 Å². The molecule has 0 radical (unpaired) electrons. The topological polar surface area (TPSA) is 27.7 Å². The number of rotatable bonds is 3. The van der Waals surface area contributed by atoms with Gasteiger partial charge in [0.15, 0.2) is 17.1 Å². The molecule has 5 aromatic rings. The zero-order chi connectivity index (χ0) is 33.9. The lowest BCUT2D eigenvalue weighted by Gasteiger charge is -2.52. The van der Waals surface area contributed by atoms with E-state index < -0.39 is 5.60 Å². The number of hydrogen-bond acceptors (Lipinski definition) is 3. The van der Waals surface area contributed by atoms with Crippen molar-refractivity contribution in [3.8, 4) is 28.4 Å². The van der Waals surface area contributed by atoms with E-state index in [-0.39, 0.29) is 16.2 Å². The first-order valence-electron chi connectivity index (χ1n) is 17.9. The van der Waals surface area contributed by atoms with Crippen molar-refractivity contribution in [3.63, 3.8) is 0 Å². The first kappa shape index (κ1) is 30.6. The molecule has 2 aliphatic carbocycles. The van der Waals surface area contributed by atoms with E-state index in [0.29, 0.717) is 6.61 Å². The molecule has 0 amide bonds. The maximum atomic E-state index is 7.72. The van der Waals surface area contributed by atoms with E-state index in [9.17, 15) is 0 Å². The van der Waals surface area contributed by atoms with E-state index in [0.717, 1.165) is 53.0 Å². The predicted octanol–water partition coefficient (Wildman–Crippen LogP) is 11.3. The molecule has 2 heterocycles. The number of benzene rings is 5. The van der Waals surface area contributed by atoms with Crippen LogP contribution in [-0.4, -0.2) is 13.7 Å². The van der Waals surface area contributed by atoms with Crippen molar-refractivity contribution < 1.29 is 14.2 Å². The summed E-state index contributed by atoms with van der Waals surface area (Å²) >= 11 is 0. The highest BCUT2D eigenvalue weighted by atomic mass is 16.5. The predicted molar refractivity (Wildman–Crippen MR) is 200 cm³/mol. The van der Waals surface area contributed by atoms with Gasteiger partial charge in [0.2, 0.25) is 0 Å². The van der Waals surface area contributed by atoms with Crippen LogP contribution in [-0.2, 0) is 17.4 Å². The number of fused-ring (bicyclic) bond motifs is 12. The Balaban J connectivity index is 1.43. The molecular weight excluding hydrogens is 601 g/mol. The van der Waals surface area contributed by atoms with Gasteiger partial charge in [-0.3, -0.25) is 0 Å². The van der Waals surface area contributed by atoms with E-state index in [1.165, 1.54) is 56.3 Å². The summed E-state index contributed by atoms with van der Waals surface area (Å²) in [5, 5.41) is 2.37. The van der Waals surface area contributed by atoms with Crippen LogP contribution >= 0.6 is 0 Å². The molecule has 9 rings (SSSR count). The smallest absolute Gasteiger partial charge is 0.178 e. The van der Waals surface area contributed by atoms with Crippen LogP contribution in [0.3, 0.4) is 0 Å². The summed E-state index contributed by atoms with van der Waals surface area (Å²) < 4.78 is 20.1. The maximum Gasteiger partial charge on any atom is 0.178 e. The molecular formula is C46H46O3. The summed E-state index contributed by atoms with van der Waals surface area (Å²) in [6.07, 6.45) is 8.98. The normalized spacial score (nSPS) is 19.8. The lowest BCUT2D eigenvalue weighted by atomic mass is 9.52. The quantitative estimate of drug-likeness (QED) is 0.195. The number of aryl methyl sites for hydroxylation is 2. The van der Waals surface area contributed by atoms with Crippen molar-refractivity contribution in [2.75, 3.05) is 13.7 Å². The van der Waals surface area contributed by atoms with Gasteiger partial charge in [-0.15, -0.1) is 0 Å². The van der Waals surface area contributed by atoms with Crippen LogP contribution in [0.4, 0.5) is 0 Å². The van der Waals surface area contributed by atoms with E-state index in [1.54, 1.807) is 7.11 Å². The van der Waals surface area contributed by atoms with Gasteiger partial charge in [0.25, 0.3) is 0 Å². The standard InChI is InChI=1S/C46H46O3/c1-28-12-16-30(17-13-28)46(31-18-14-29(2)15-19-31)22-20-34-40-39(38-33-21-23-48-42(33)37(47-7)24-35(38)41(34)49-46)32-10-8-9-11-36(32)45(40)26-43(3,4)25-44(5,6)27-45/h8-20,22,24H,21,23,25-27H2,1-7H3. The van der Waals surface area contributed by atoms with E-state index in [4.69, 9.17) is 14.2 Å². The largest absolute Gasteiger partial charge is 0.493 e. The average molecular weight is 647 g/mol. The lowest BCUT2D eigenvalue weighted by molar-refractivity contribution is 0.0642. The summed E-state index contributed by atoms with van der Waals surface area (Å²) in [7, 11) is 1.75. The number of methoxy groups -OCH3 is 1. The minimum absolute atomic E-state index is 0.150. The first-order chi connectivity index (χ1) is 23.5. The second-order valence-corrected chi connectivity index (χ2v) is 16.8. The average Bonchev–Trinajstić information content (AvgIpc) is 3.65. The van der Waals surface area contributed by atoms with Gasteiger partial charge in [-0.2, -0.15) is 0 Å². The molecule has 0 atom stereocenters. The van der Waals surface area contributed by atoms with E-state index in [2.05, 4.69) is 133 Å². The van der Waals surface area contributed by atoms with Gasteiger partial charge in [-0.1, -0.05) is 118 Å². The fourth-order valence-corrected chi connectivity index (χ4v) is 10.7. The van der Waals surface area contributed by atoms with Crippen molar-refractivity contribution >= 4 is 16.8 Å². The molecule has 1 spiro atoms. The zero-order valence-electron chi connectivity index (χ0n) is 29.9. The first-order valence-corrected chi connectivity index (χ1v) is 17.9. The van der Waals surface area contributed by atoms with Crippen LogP contribution in [0.1, 0.15) is 91.5 Å². The van der Waals surface area contributed by atoms with Gasteiger partial charge >= 0.3 is 0 Å². The van der Waals surface area contributed by atoms with Crippen LogP contribution in [0.2, 0.25) is 0 Å². The third-order valence-electron chi connectivity index (χ3n) is 11.8. The Morgan fingerprint density at radius 3 is 2.00 bits per heavy atom. The van der Waals surface area contributed by atoms with Crippen LogP contribution in [0.25, 0.3) is 28.0 Å². The SMILES string of the molecule is COc1cc2c3c(c4c(c2c2c1OCC2)-c1ccccc1C41CC(C)(C)CC(C)(C)C1)C=CC(c1ccc(C)cc1)(c1ccc(C)cc1)O3. The molecule has 0 bridgehead atoms. The van der Waals surface area contributed by atoms with Gasteiger partial charge in [0.05, 0.1) is 13.7 Å². The van der Waals surface area contributed by atoms with Crippen molar-refractivity contribution in [3.05, 3.63) is 129 Å². The van der Waals surface area contributed by atoms with Crippen LogP contribution in [0.5, 0.6) is 17.2 Å². The molecule has 3 heteroatoms. The highest BCUT2D eigenvalue weighted by molar-refractivity contribution is 6.11. The second-order valence-electron chi connectivity index (χ2n) is 16.8. The fraction of sp³-hybridized carbons (Fsp3) is 0.348. The maximum absolute atomic E-state index is 7.72. The molecule has 1 saturated carbocycles. The van der Waals surface area contributed by atoms with Crippen molar-refractivity contribution in [2.24, 2.45) is 10.8 Å². The molecule has 0 saturated heterocycles. The zero-order valence-corrected chi connectivity index (χ0v) is 29.9. The summed E-state index contributed by atoms with van der Waals surface area (Å²) in [6.45, 7) is 14.9. The molecule has 0 N–H and O–H groups in total. The molecule has 3 nitrogen and oxygen atoms in total. The molecule has 1 fully saturated rings. The Kier molecular flexibility index (Phi) is 6.40. The summed E-state index contributed by atoms with van der Waals surface area (Å²) in [5.41, 5.74) is 12.2. The molecule has 2 aliphatic heterocycles. The Labute approximate surface area is 290 Å². The highest BCUT2D eigenvalue weighted by Crippen LogP contribution is 2.67. The van der Waals surface area contributed by atoms with Crippen molar-refractivity contribution in [2.45, 2.75) is 78.2 Å². The summed E-state index contributed by atoms with van der Waals surface area (Å²) in [4.78, 5) is 0. The van der Waals surface area contributed by atoms with Gasteiger partial charge in [0.1, 0.15) is 5.75 Å². The van der Waals surface area contributed by atoms with E-state index >= 15 is 0 Å². The molecule has 49 heavy (non-hydrogen) atoms. The third kappa shape index (κ3) is 4.33. The van der Waals surface area contributed by atoms with Gasteiger partial charge < -0.3 is 14.2 Å². The Bertz CT molecular complexity index is 2140. The van der Waals surface area contributed by atoms with Crippen LogP contribution < -0.4 is 14.2 Å². The lowest BCUT2D eigenvalue weighted by Crippen LogP contribution is -2.44. The third-order valence-corrected chi connectivity index (χ3v) is 11.8. The molecule has 0 unspecified atom stereocenters.